The van der Waals surface area contributed by atoms with E-state index in [-0.39, 0.29) is 0 Å². The summed E-state index contributed by atoms with van der Waals surface area (Å²) in [5.41, 5.74) is 3.40. The summed E-state index contributed by atoms with van der Waals surface area (Å²) in [7, 11) is -0.626. The third-order valence-corrected chi connectivity index (χ3v) is 4.69. The number of hydrogen-bond acceptors (Lipinski definition) is 6. The van der Waals surface area contributed by atoms with Gasteiger partial charge in [-0.15, -0.1) is 0 Å². The fourth-order valence-corrected chi connectivity index (χ4v) is 3.05. The Hall–Kier alpha value is -3.07. The van der Waals surface area contributed by atoms with Crippen molar-refractivity contribution in [3.05, 3.63) is 54.1 Å². The van der Waals surface area contributed by atoms with Gasteiger partial charge in [-0.2, -0.15) is 5.10 Å². The predicted octanol–water partition coefficient (Wildman–Crippen LogP) is 1.62. The molecule has 0 unspecified atom stereocenters. The summed E-state index contributed by atoms with van der Waals surface area (Å²) in [6.45, 7) is -0.411. The van der Waals surface area contributed by atoms with E-state index in [1.54, 1.807) is 49.6 Å². The van der Waals surface area contributed by atoms with Crippen LogP contribution in [0.1, 0.15) is 5.56 Å². The Labute approximate surface area is 158 Å². The molecule has 0 aromatic heterocycles. The van der Waals surface area contributed by atoms with Crippen LogP contribution in [0.15, 0.2) is 53.6 Å². The number of carbonyl (C=O) groups is 1. The first-order chi connectivity index (χ1) is 12.8. The fraction of sp³-hybridized carbons (Fsp3) is 0.222. The Morgan fingerprint density at radius 1 is 1.11 bits per heavy atom. The summed E-state index contributed by atoms with van der Waals surface area (Å²) in [5.74, 6) is 0.616. The fourth-order valence-electron chi connectivity index (χ4n) is 2.20. The molecule has 0 atom stereocenters. The highest BCUT2D eigenvalue weighted by atomic mass is 32.2. The van der Waals surface area contributed by atoms with Crippen molar-refractivity contribution in [2.75, 3.05) is 31.3 Å². The van der Waals surface area contributed by atoms with Gasteiger partial charge in [0.1, 0.15) is 18.0 Å². The van der Waals surface area contributed by atoms with Crippen molar-refractivity contribution in [1.29, 1.82) is 0 Å². The third-order valence-electron chi connectivity index (χ3n) is 3.55. The number of methoxy groups -OCH3 is 2. The average Bonchev–Trinajstić information content (AvgIpc) is 2.66. The highest BCUT2D eigenvalue weighted by molar-refractivity contribution is 7.92. The zero-order chi connectivity index (χ0) is 19.9. The summed E-state index contributed by atoms with van der Waals surface area (Å²) in [5, 5.41) is 3.85. The van der Waals surface area contributed by atoms with E-state index in [1.807, 2.05) is 0 Å². The smallest absolute Gasteiger partial charge is 0.260 e. The highest BCUT2D eigenvalue weighted by Gasteiger charge is 2.21. The van der Waals surface area contributed by atoms with E-state index in [9.17, 15) is 13.2 Å². The van der Waals surface area contributed by atoms with Gasteiger partial charge in [-0.05, 0) is 42.0 Å². The summed E-state index contributed by atoms with van der Waals surface area (Å²) >= 11 is 0. The molecule has 2 aromatic rings. The van der Waals surface area contributed by atoms with Crippen LogP contribution in [-0.4, -0.2) is 47.6 Å². The molecule has 27 heavy (non-hydrogen) atoms. The number of ether oxygens (including phenoxy) is 2. The largest absolute Gasteiger partial charge is 0.497 e. The summed E-state index contributed by atoms with van der Waals surface area (Å²) in [6, 6.07) is 13.5. The summed E-state index contributed by atoms with van der Waals surface area (Å²) in [6.07, 6.45) is 2.48. The van der Waals surface area contributed by atoms with Crippen molar-refractivity contribution in [3.8, 4) is 11.5 Å². The van der Waals surface area contributed by atoms with Gasteiger partial charge in [0.2, 0.25) is 10.0 Å². The van der Waals surface area contributed by atoms with Crippen molar-refractivity contribution in [2.45, 2.75) is 0 Å². The van der Waals surface area contributed by atoms with E-state index in [2.05, 4.69) is 10.5 Å². The lowest BCUT2D eigenvalue weighted by molar-refractivity contribution is -0.119. The molecule has 0 aliphatic carbocycles. The van der Waals surface area contributed by atoms with Crippen LogP contribution in [0.4, 0.5) is 5.69 Å². The van der Waals surface area contributed by atoms with Crippen LogP contribution in [0.25, 0.3) is 0 Å². The number of amides is 1. The van der Waals surface area contributed by atoms with Crippen molar-refractivity contribution in [3.63, 3.8) is 0 Å². The Balaban J connectivity index is 2.06. The maximum Gasteiger partial charge on any atom is 0.260 e. The minimum atomic E-state index is -3.67. The van der Waals surface area contributed by atoms with Crippen molar-refractivity contribution in [1.82, 2.24) is 5.43 Å². The van der Waals surface area contributed by atoms with Crippen LogP contribution in [0.5, 0.6) is 11.5 Å². The molecule has 0 fully saturated rings. The van der Waals surface area contributed by atoms with E-state index >= 15 is 0 Å². The molecule has 0 saturated carbocycles. The molecular formula is C18H21N3O5S. The Bertz CT molecular complexity index is 911. The number of nitrogens with one attached hydrogen (secondary N) is 1. The lowest BCUT2D eigenvalue weighted by Gasteiger charge is -2.21. The van der Waals surface area contributed by atoms with Gasteiger partial charge >= 0.3 is 0 Å². The minimum absolute atomic E-state index is 0.325. The van der Waals surface area contributed by atoms with E-state index < -0.39 is 22.5 Å². The standard InChI is InChI=1S/C18H21N3O5S/c1-25-16-9-7-14(8-10-16)12-19-20-18(22)13-21(27(3,23)24)15-5-4-6-17(11-15)26-2/h4-12H,13H2,1-3H3,(H,20,22)/b19-12-. The molecule has 1 N–H and O–H groups in total. The van der Waals surface area contributed by atoms with Crippen molar-refractivity contribution < 1.29 is 22.7 Å². The summed E-state index contributed by atoms with van der Waals surface area (Å²) < 4.78 is 35.3. The van der Waals surface area contributed by atoms with Crippen molar-refractivity contribution >= 4 is 27.8 Å². The predicted molar refractivity (Wildman–Crippen MR) is 104 cm³/mol. The van der Waals surface area contributed by atoms with Gasteiger partial charge < -0.3 is 9.47 Å². The Morgan fingerprint density at radius 3 is 2.37 bits per heavy atom. The van der Waals surface area contributed by atoms with Gasteiger partial charge in [-0.1, -0.05) is 6.07 Å². The molecule has 144 valence electrons. The Kier molecular flexibility index (Phi) is 6.78. The molecule has 2 rings (SSSR count). The maximum atomic E-state index is 12.1. The number of sulfonamides is 1. The van der Waals surface area contributed by atoms with Crippen LogP contribution in [-0.2, 0) is 14.8 Å². The number of hydrazone groups is 1. The van der Waals surface area contributed by atoms with Crippen LogP contribution in [0, 0.1) is 0 Å². The molecule has 0 aliphatic heterocycles. The van der Waals surface area contributed by atoms with Gasteiger partial charge in [0.25, 0.3) is 5.91 Å². The van der Waals surface area contributed by atoms with Gasteiger partial charge in [0.05, 0.1) is 32.4 Å². The number of anilines is 1. The first-order valence-electron chi connectivity index (χ1n) is 7.91. The SMILES string of the molecule is COc1ccc(/C=N\NC(=O)CN(c2cccc(OC)c2)S(C)(=O)=O)cc1. The zero-order valence-electron chi connectivity index (χ0n) is 15.2. The molecule has 0 radical (unpaired) electrons. The van der Waals surface area contributed by atoms with Gasteiger partial charge in [0, 0.05) is 6.07 Å². The Morgan fingerprint density at radius 2 is 1.78 bits per heavy atom. The number of nitrogens with zero attached hydrogens (tertiary/aromatic N) is 2. The molecular weight excluding hydrogens is 370 g/mol. The third kappa shape index (κ3) is 6.00. The molecule has 0 spiro atoms. The average molecular weight is 391 g/mol. The monoisotopic (exact) mass is 391 g/mol. The number of carbonyl (C=O) groups excluding carboxylic acids is 1. The molecule has 0 bridgehead atoms. The first kappa shape index (κ1) is 20.2. The van der Waals surface area contributed by atoms with Crippen molar-refractivity contribution in [2.24, 2.45) is 5.10 Å². The van der Waals surface area contributed by atoms with Crippen LogP contribution in [0.3, 0.4) is 0 Å². The molecule has 0 aliphatic rings. The van der Waals surface area contributed by atoms with Crippen LogP contribution in [0.2, 0.25) is 0 Å². The number of benzene rings is 2. The van der Waals surface area contributed by atoms with E-state index in [0.29, 0.717) is 17.2 Å². The lowest BCUT2D eigenvalue weighted by atomic mass is 10.2. The van der Waals surface area contributed by atoms with E-state index in [4.69, 9.17) is 9.47 Å². The van der Waals surface area contributed by atoms with E-state index in [0.717, 1.165) is 16.1 Å². The quantitative estimate of drug-likeness (QED) is 0.545. The molecule has 8 nitrogen and oxygen atoms in total. The topological polar surface area (TPSA) is 97.3 Å². The molecule has 1 amide bonds. The zero-order valence-corrected chi connectivity index (χ0v) is 16.1. The number of rotatable bonds is 8. The highest BCUT2D eigenvalue weighted by Crippen LogP contribution is 2.22. The van der Waals surface area contributed by atoms with Crippen LogP contribution < -0.4 is 19.2 Å². The van der Waals surface area contributed by atoms with E-state index in [1.165, 1.54) is 19.4 Å². The van der Waals surface area contributed by atoms with Gasteiger partial charge in [-0.3, -0.25) is 9.10 Å². The second kappa shape index (κ2) is 9.04. The van der Waals surface area contributed by atoms with Gasteiger partial charge in [0.15, 0.2) is 0 Å². The minimum Gasteiger partial charge on any atom is -0.497 e. The normalized spacial score (nSPS) is 11.2. The summed E-state index contributed by atoms with van der Waals surface area (Å²) in [4.78, 5) is 12.1. The lowest BCUT2D eigenvalue weighted by Crippen LogP contribution is -2.39. The maximum absolute atomic E-state index is 12.1. The molecule has 0 saturated heterocycles. The molecule has 2 aromatic carbocycles. The molecule has 0 heterocycles. The molecule has 9 heteroatoms. The second-order valence-electron chi connectivity index (χ2n) is 5.54. The second-order valence-corrected chi connectivity index (χ2v) is 7.44. The number of hydrogen-bond donors (Lipinski definition) is 1. The first-order valence-corrected chi connectivity index (χ1v) is 9.76. The van der Waals surface area contributed by atoms with Gasteiger partial charge in [-0.25, -0.2) is 13.8 Å². The van der Waals surface area contributed by atoms with Crippen LogP contribution >= 0.6 is 0 Å².